The maximum Gasteiger partial charge on any atom is 0.248 e. The Kier molecular flexibility index (Phi) is 3.24. The molecule has 16 heavy (non-hydrogen) atoms. The quantitative estimate of drug-likeness (QED) is 0.774. The van der Waals surface area contributed by atoms with E-state index in [4.69, 9.17) is 5.11 Å². The van der Waals surface area contributed by atoms with E-state index in [2.05, 4.69) is 4.98 Å². The number of aryl methyl sites for hydroxylation is 1. The second-order valence-electron chi connectivity index (χ2n) is 4.24. The number of hydrogen-bond acceptors (Lipinski definition) is 3. The lowest BCUT2D eigenvalue weighted by Crippen LogP contribution is -2.39. The van der Waals surface area contributed by atoms with Crippen LogP contribution in [0.3, 0.4) is 0 Å². The highest BCUT2D eigenvalue weighted by atomic mass is 16.3. The van der Waals surface area contributed by atoms with Crippen LogP contribution in [0, 0.1) is 0 Å². The van der Waals surface area contributed by atoms with Crippen molar-refractivity contribution in [1.82, 2.24) is 14.5 Å². The molecule has 0 saturated carbocycles. The largest absolute Gasteiger partial charge is 0.387 e. The number of carbonyl (C=O) groups is 1. The number of likely N-dealkylation sites (tertiary alicyclic amines) is 1. The van der Waals surface area contributed by atoms with Gasteiger partial charge in [-0.25, -0.2) is 4.98 Å². The van der Waals surface area contributed by atoms with E-state index in [1.165, 1.54) is 5.69 Å². The highest BCUT2D eigenvalue weighted by Crippen LogP contribution is 2.27. The summed E-state index contributed by atoms with van der Waals surface area (Å²) in [5, 5.41) is 8.78. The van der Waals surface area contributed by atoms with E-state index in [0.717, 1.165) is 25.9 Å². The van der Waals surface area contributed by atoms with Crippen molar-refractivity contribution in [2.45, 2.75) is 18.8 Å². The molecule has 1 N–H and O–H groups in total. The molecule has 0 aliphatic carbocycles. The van der Waals surface area contributed by atoms with Crippen LogP contribution in [0.4, 0.5) is 0 Å². The van der Waals surface area contributed by atoms with Crippen LogP contribution in [-0.2, 0) is 11.8 Å². The lowest BCUT2D eigenvalue weighted by molar-refractivity contribution is -0.135. The van der Waals surface area contributed by atoms with E-state index in [1.807, 2.05) is 17.8 Å². The summed E-state index contributed by atoms with van der Waals surface area (Å²) < 4.78 is 2.04. The van der Waals surface area contributed by atoms with E-state index in [-0.39, 0.29) is 12.5 Å². The van der Waals surface area contributed by atoms with Gasteiger partial charge in [0, 0.05) is 37.9 Å². The maximum atomic E-state index is 11.3. The molecule has 5 nitrogen and oxygen atoms in total. The number of rotatable bonds is 2. The summed E-state index contributed by atoms with van der Waals surface area (Å²) in [6.07, 6.45) is 5.60. The minimum absolute atomic E-state index is 0.163. The molecule has 2 rings (SSSR count). The Morgan fingerprint density at radius 3 is 2.75 bits per heavy atom. The molecule has 2 heterocycles. The van der Waals surface area contributed by atoms with Crippen molar-refractivity contribution in [3.8, 4) is 0 Å². The number of nitrogens with zero attached hydrogens (tertiary/aromatic N) is 3. The number of amides is 1. The van der Waals surface area contributed by atoms with E-state index in [0.29, 0.717) is 5.92 Å². The highest BCUT2D eigenvalue weighted by Gasteiger charge is 2.24. The van der Waals surface area contributed by atoms with E-state index < -0.39 is 0 Å². The second kappa shape index (κ2) is 4.65. The number of aliphatic hydroxyl groups is 1. The van der Waals surface area contributed by atoms with Crippen LogP contribution in [-0.4, -0.2) is 45.2 Å². The standard InChI is InChI=1S/C11H17N3O2/c1-13-8-12-6-10(13)9-2-4-14(5-3-9)11(16)7-15/h6,8-9,15H,2-5,7H2,1H3. The summed E-state index contributed by atoms with van der Waals surface area (Å²) in [6, 6.07) is 0. The molecule has 1 aliphatic heterocycles. The van der Waals surface area contributed by atoms with Gasteiger partial charge in [-0.05, 0) is 12.8 Å². The molecule has 1 amide bonds. The SMILES string of the molecule is Cn1cncc1C1CCN(C(=O)CO)CC1. The lowest BCUT2D eigenvalue weighted by atomic mass is 9.94. The van der Waals surface area contributed by atoms with Crippen molar-refractivity contribution in [1.29, 1.82) is 0 Å². The molecule has 1 aromatic heterocycles. The van der Waals surface area contributed by atoms with Crippen LogP contribution in [0.2, 0.25) is 0 Å². The van der Waals surface area contributed by atoms with Gasteiger partial charge in [-0.3, -0.25) is 4.79 Å². The third-order valence-corrected chi connectivity index (χ3v) is 3.26. The fraction of sp³-hybridized carbons (Fsp3) is 0.636. The van der Waals surface area contributed by atoms with Gasteiger partial charge < -0.3 is 14.6 Å². The molecule has 1 aliphatic rings. The van der Waals surface area contributed by atoms with Crippen molar-refractivity contribution in [3.63, 3.8) is 0 Å². The van der Waals surface area contributed by atoms with Gasteiger partial charge in [-0.15, -0.1) is 0 Å². The third kappa shape index (κ3) is 2.09. The molecule has 0 unspecified atom stereocenters. The summed E-state index contributed by atoms with van der Waals surface area (Å²) in [6.45, 7) is 1.08. The Labute approximate surface area is 94.7 Å². The predicted octanol–water partition coefficient (Wildman–Crippen LogP) is 0.118. The summed E-state index contributed by atoms with van der Waals surface area (Å²) in [4.78, 5) is 17.1. The maximum absolute atomic E-state index is 11.3. The third-order valence-electron chi connectivity index (χ3n) is 3.26. The Hall–Kier alpha value is -1.36. The Bertz CT molecular complexity index is 367. The number of imidazole rings is 1. The van der Waals surface area contributed by atoms with Gasteiger partial charge >= 0.3 is 0 Å². The Balaban J connectivity index is 1.95. The predicted molar refractivity (Wildman–Crippen MR) is 58.8 cm³/mol. The fourth-order valence-electron chi connectivity index (χ4n) is 2.29. The number of hydrogen-bond donors (Lipinski definition) is 1. The summed E-state index contributed by atoms with van der Waals surface area (Å²) in [5.74, 6) is 0.318. The second-order valence-corrected chi connectivity index (χ2v) is 4.24. The van der Waals surface area contributed by atoms with Crippen LogP contribution in [0.25, 0.3) is 0 Å². The van der Waals surface area contributed by atoms with E-state index in [1.54, 1.807) is 11.2 Å². The minimum Gasteiger partial charge on any atom is -0.387 e. The van der Waals surface area contributed by atoms with Gasteiger partial charge in [0.1, 0.15) is 6.61 Å². The molecule has 0 spiro atoms. The number of carbonyl (C=O) groups excluding carboxylic acids is 1. The van der Waals surface area contributed by atoms with Crippen LogP contribution < -0.4 is 0 Å². The topological polar surface area (TPSA) is 58.4 Å². The molecule has 5 heteroatoms. The van der Waals surface area contributed by atoms with Gasteiger partial charge in [-0.1, -0.05) is 0 Å². The van der Waals surface area contributed by atoms with Crippen LogP contribution in [0.1, 0.15) is 24.5 Å². The Morgan fingerprint density at radius 1 is 1.56 bits per heavy atom. The average molecular weight is 223 g/mol. The van der Waals surface area contributed by atoms with Crippen molar-refractivity contribution in [2.24, 2.45) is 7.05 Å². The molecule has 0 aromatic carbocycles. The van der Waals surface area contributed by atoms with Crippen LogP contribution in [0.15, 0.2) is 12.5 Å². The first-order chi connectivity index (χ1) is 7.72. The smallest absolute Gasteiger partial charge is 0.248 e. The molecule has 0 atom stereocenters. The van der Waals surface area contributed by atoms with Crippen molar-refractivity contribution in [2.75, 3.05) is 19.7 Å². The molecular formula is C11H17N3O2. The van der Waals surface area contributed by atoms with E-state index >= 15 is 0 Å². The normalized spacial score (nSPS) is 17.8. The van der Waals surface area contributed by atoms with Crippen LogP contribution >= 0.6 is 0 Å². The average Bonchev–Trinajstić information content (AvgIpc) is 2.75. The van der Waals surface area contributed by atoms with Gasteiger partial charge in [-0.2, -0.15) is 0 Å². The first-order valence-electron chi connectivity index (χ1n) is 5.57. The van der Waals surface area contributed by atoms with Gasteiger partial charge in [0.25, 0.3) is 0 Å². The molecule has 1 fully saturated rings. The van der Waals surface area contributed by atoms with Crippen LogP contribution in [0.5, 0.6) is 0 Å². The molecule has 1 aromatic rings. The lowest BCUT2D eigenvalue weighted by Gasteiger charge is -2.31. The zero-order chi connectivity index (χ0) is 11.5. The molecule has 0 bridgehead atoms. The molecule has 88 valence electrons. The van der Waals surface area contributed by atoms with Crippen molar-refractivity contribution >= 4 is 5.91 Å². The van der Waals surface area contributed by atoms with Crippen molar-refractivity contribution < 1.29 is 9.90 Å². The summed E-state index contributed by atoms with van der Waals surface area (Å²) in [7, 11) is 1.99. The minimum atomic E-state index is -0.379. The molecule has 0 radical (unpaired) electrons. The monoisotopic (exact) mass is 223 g/mol. The Morgan fingerprint density at radius 2 is 2.25 bits per heavy atom. The van der Waals surface area contributed by atoms with E-state index in [9.17, 15) is 4.79 Å². The van der Waals surface area contributed by atoms with Gasteiger partial charge in [0.15, 0.2) is 0 Å². The first-order valence-corrected chi connectivity index (χ1v) is 5.57. The van der Waals surface area contributed by atoms with Gasteiger partial charge in [0.05, 0.1) is 6.33 Å². The first kappa shape index (κ1) is 11.1. The van der Waals surface area contributed by atoms with Crippen molar-refractivity contribution in [3.05, 3.63) is 18.2 Å². The zero-order valence-electron chi connectivity index (χ0n) is 9.46. The zero-order valence-corrected chi connectivity index (χ0v) is 9.46. The summed E-state index contributed by atoms with van der Waals surface area (Å²) in [5.41, 5.74) is 1.23. The number of aromatic nitrogens is 2. The highest BCUT2D eigenvalue weighted by molar-refractivity contribution is 5.77. The molecule has 1 saturated heterocycles. The van der Waals surface area contributed by atoms with Gasteiger partial charge in [0.2, 0.25) is 5.91 Å². The summed E-state index contributed by atoms with van der Waals surface area (Å²) >= 11 is 0. The number of piperidine rings is 1. The molecular weight excluding hydrogens is 206 g/mol. The fourth-order valence-corrected chi connectivity index (χ4v) is 2.29. The number of aliphatic hydroxyl groups excluding tert-OH is 1.